The maximum absolute atomic E-state index is 12.7. The normalized spacial score (nSPS) is 14.1. The fourth-order valence-corrected chi connectivity index (χ4v) is 2.78. The number of carbonyl (C=O) groups is 6. The Balaban J connectivity index is 2.85. The van der Waals surface area contributed by atoms with Gasteiger partial charge in [-0.2, -0.15) is 0 Å². The van der Waals surface area contributed by atoms with Crippen LogP contribution < -0.4 is 21.7 Å². The van der Waals surface area contributed by atoms with Gasteiger partial charge in [-0.1, -0.05) is 0 Å². The molecule has 194 valence electrons. The standard InChI is InChI=1S/C19H28N6O10/c20-10(1-3-14(27)28)16(31)23-11(2-4-15(29)30)17(32)25-13(7-26)18(33)24-12(19(34)35)5-9-6-21-8-22-9/h6,8,10-13,26H,1-5,7,20H2,(H,21,22)(H,23,31)(H,24,33)(H,25,32)(H,27,28)(H,29,30)(H,34,35). The van der Waals surface area contributed by atoms with E-state index in [1.54, 1.807) is 0 Å². The van der Waals surface area contributed by atoms with Crippen molar-refractivity contribution in [1.82, 2.24) is 25.9 Å². The zero-order valence-electron chi connectivity index (χ0n) is 18.5. The number of carboxylic acid groups (broad SMARTS) is 3. The summed E-state index contributed by atoms with van der Waals surface area (Å²) >= 11 is 0. The fraction of sp³-hybridized carbons (Fsp3) is 0.526. The summed E-state index contributed by atoms with van der Waals surface area (Å²) in [5.41, 5.74) is 5.99. The van der Waals surface area contributed by atoms with Crippen molar-refractivity contribution in [3.8, 4) is 0 Å². The number of carbonyl (C=O) groups excluding carboxylic acids is 3. The lowest BCUT2D eigenvalue weighted by molar-refractivity contribution is -0.142. The molecule has 0 aliphatic carbocycles. The highest BCUT2D eigenvalue weighted by molar-refractivity contribution is 5.94. The smallest absolute Gasteiger partial charge is 0.326 e. The lowest BCUT2D eigenvalue weighted by Crippen LogP contribution is -2.58. The number of rotatable bonds is 16. The first-order valence-electron chi connectivity index (χ1n) is 10.4. The molecule has 0 saturated heterocycles. The average molecular weight is 500 g/mol. The van der Waals surface area contributed by atoms with Crippen LogP contribution in [0.3, 0.4) is 0 Å². The molecule has 10 N–H and O–H groups in total. The maximum Gasteiger partial charge on any atom is 0.326 e. The second-order valence-corrected chi connectivity index (χ2v) is 7.46. The van der Waals surface area contributed by atoms with Crippen LogP contribution in [0.1, 0.15) is 31.4 Å². The zero-order valence-corrected chi connectivity index (χ0v) is 18.5. The van der Waals surface area contributed by atoms with Crippen LogP contribution in [0, 0.1) is 0 Å². The van der Waals surface area contributed by atoms with Gasteiger partial charge in [0.15, 0.2) is 0 Å². The Bertz CT molecular complexity index is 906. The molecule has 35 heavy (non-hydrogen) atoms. The molecule has 0 aliphatic rings. The van der Waals surface area contributed by atoms with Gasteiger partial charge >= 0.3 is 17.9 Å². The van der Waals surface area contributed by atoms with Gasteiger partial charge in [-0.3, -0.25) is 24.0 Å². The van der Waals surface area contributed by atoms with Crippen LogP contribution in [0.5, 0.6) is 0 Å². The van der Waals surface area contributed by atoms with E-state index in [4.69, 9.17) is 15.9 Å². The molecule has 16 heteroatoms. The molecule has 0 spiro atoms. The van der Waals surface area contributed by atoms with Gasteiger partial charge in [-0.15, -0.1) is 0 Å². The molecule has 1 heterocycles. The number of nitrogens with zero attached hydrogens (tertiary/aromatic N) is 1. The minimum Gasteiger partial charge on any atom is -0.481 e. The van der Waals surface area contributed by atoms with E-state index in [2.05, 4.69) is 25.9 Å². The first-order valence-corrected chi connectivity index (χ1v) is 10.4. The summed E-state index contributed by atoms with van der Waals surface area (Å²) in [4.78, 5) is 76.8. The van der Waals surface area contributed by atoms with Crippen molar-refractivity contribution in [2.24, 2.45) is 5.73 Å². The van der Waals surface area contributed by atoms with Gasteiger partial charge in [0.25, 0.3) is 0 Å². The first kappa shape index (κ1) is 29.0. The number of amides is 3. The summed E-state index contributed by atoms with van der Waals surface area (Å²) in [5, 5.41) is 43.0. The Morgan fingerprint density at radius 1 is 0.857 bits per heavy atom. The van der Waals surface area contributed by atoms with Gasteiger partial charge < -0.3 is 47.1 Å². The van der Waals surface area contributed by atoms with Crippen molar-refractivity contribution in [3.05, 3.63) is 18.2 Å². The van der Waals surface area contributed by atoms with E-state index in [9.17, 15) is 39.0 Å². The first-order chi connectivity index (χ1) is 16.4. The number of hydrogen-bond donors (Lipinski definition) is 9. The summed E-state index contributed by atoms with van der Waals surface area (Å²) in [6.07, 6.45) is 0.870. The van der Waals surface area contributed by atoms with Crippen LogP contribution in [-0.4, -0.2) is 96.8 Å². The number of aliphatic hydroxyl groups is 1. The SMILES string of the molecule is NC(CCC(=O)O)C(=O)NC(CCC(=O)O)C(=O)NC(CO)C(=O)NC(Cc1cnc[nH]1)C(=O)O. The van der Waals surface area contributed by atoms with Gasteiger partial charge in [-0.25, -0.2) is 9.78 Å². The second-order valence-electron chi connectivity index (χ2n) is 7.46. The number of nitrogens with one attached hydrogen (secondary N) is 4. The number of aromatic nitrogens is 2. The molecule has 0 radical (unpaired) electrons. The minimum atomic E-state index is -1.63. The molecule has 0 bridgehead atoms. The second kappa shape index (κ2) is 14.3. The predicted molar refractivity (Wildman–Crippen MR) is 115 cm³/mol. The number of nitrogens with two attached hydrogens (primary N) is 1. The van der Waals surface area contributed by atoms with E-state index in [0.717, 1.165) is 0 Å². The number of aliphatic hydroxyl groups excluding tert-OH is 1. The third kappa shape index (κ3) is 10.6. The lowest BCUT2D eigenvalue weighted by atomic mass is 10.1. The zero-order chi connectivity index (χ0) is 26.5. The number of imidazole rings is 1. The van der Waals surface area contributed by atoms with Crippen LogP contribution in [0.4, 0.5) is 0 Å². The van der Waals surface area contributed by atoms with E-state index < -0.39 is 85.7 Å². The molecule has 0 saturated carbocycles. The number of aliphatic carboxylic acids is 3. The van der Waals surface area contributed by atoms with Gasteiger partial charge in [0.1, 0.15) is 18.1 Å². The minimum absolute atomic E-state index is 0.168. The van der Waals surface area contributed by atoms with E-state index in [1.807, 2.05) is 0 Å². The molecule has 1 aromatic heterocycles. The van der Waals surface area contributed by atoms with Crippen molar-refractivity contribution in [2.75, 3.05) is 6.61 Å². The molecular formula is C19H28N6O10. The Morgan fingerprint density at radius 2 is 1.40 bits per heavy atom. The summed E-state index contributed by atoms with van der Waals surface area (Å²) in [6, 6.07) is -5.85. The number of H-pyrrole nitrogens is 1. The highest BCUT2D eigenvalue weighted by Crippen LogP contribution is 2.04. The van der Waals surface area contributed by atoms with E-state index in [1.165, 1.54) is 12.5 Å². The highest BCUT2D eigenvalue weighted by atomic mass is 16.4. The van der Waals surface area contributed by atoms with Crippen LogP contribution in [-0.2, 0) is 35.2 Å². The van der Waals surface area contributed by atoms with Gasteiger partial charge in [0, 0.05) is 31.2 Å². The van der Waals surface area contributed by atoms with Crippen LogP contribution >= 0.6 is 0 Å². The van der Waals surface area contributed by atoms with E-state index >= 15 is 0 Å². The monoisotopic (exact) mass is 500 g/mol. The third-order valence-electron chi connectivity index (χ3n) is 4.69. The van der Waals surface area contributed by atoms with Crippen LogP contribution in [0.15, 0.2) is 12.5 Å². The van der Waals surface area contributed by atoms with Crippen molar-refractivity contribution < 1.29 is 49.2 Å². The number of aromatic amines is 1. The van der Waals surface area contributed by atoms with E-state index in [0.29, 0.717) is 5.69 Å². The number of hydrogen-bond acceptors (Lipinski definition) is 9. The molecule has 1 rings (SSSR count). The molecule has 3 amide bonds. The summed E-state index contributed by atoms with van der Waals surface area (Å²) in [7, 11) is 0. The maximum atomic E-state index is 12.7. The highest BCUT2D eigenvalue weighted by Gasteiger charge is 2.30. The topological polar surface area (TPSA) is 274 Å². The Morgan fingerprint density at radius 3 is 1.91 bits per heavy atom. The molecule has 0 aliphatic heterocycles. The van der Waals surface area contributed by atoms with Crippen molar-refractivity contribution in [2.45, 2.75) is 56.3 Å². The van der Waals surface area contributed by atoms with Gasteiger partial charge in [-0.05, 0) is 12.8 Å². The molecule has 1 aromatic rings. The molecule has 0 aromatic carbocycles. The van der Waals surface area contributed by atoms with Crippen molar-refractivity contribution in [1.29, 1.82) is 0 Å². The molecule has 0 fully saturated rings. The largest absolute Gasteiger partial charge is 0.481 e. The lowest BCUT2D eigenvalue weighted by Gasteiger charge is -2.24. The third-order valence-corrected chi connectivity index (χ3v) is 4.69. The summed E-state index contributed by atoms with van der Waals surface area (Å²) < 4.78 is 0. The Labute approximate surface area is 198 Å². The Hall–Kier alpha value is -4.05. The molecule has 4 unspecified atom stereocenters. The Kier molecular flexibility index (Phi) is 11.8. The fourth-order valence-electron chi connectivity index (χ4n) is 2.78. The van der Waals surface area contributed by atoms with Crippen molar-refractivity contribution in [3.63, 3.8) is 0 Å². The predicted octanol–water partition coefficient (Wildman–Crippen LogP) is -3.46. The number of carboxylic acids is 3. The van der Waals surface area contributed by atoms with Crippen LogP contribution in [0.2, 0.25) is 0 Å². The molecular weight excluding hydrogens is 472 g/mol. The van der Waals surface area contributed by atoms with Crippen molar-refractivity contribution >= 4 is 35.6 Å². The average Bonchev–Trinajstić information content (AvgIpc) is 3.30. The molecule has 4 atom stereocenters. The molecule has 16 nitrogen and oxygen atoms in total. The van der Waals surface area contributed by atoms with Crippen LogP contribution in [0.25, 0.3) is 0 Å². The van der Waals surface area contributed by atoms with Gasteiger partial charge in [0.2, 0.25) is 17.7 Å². The quantitative estimate of drug-likeness (QED) is 0.107. The summed E-state index contributed by atoms with van der Waals surface area (Å²) in [6.45, 7) is -0.939. The van der Waals surface area contributed by atoms with Gasteiger partial charge in [0.05, 0.1) is 19.0 Å². The van der Waals surface area contributed by atoms with E-state index in [-0.39, 0.29) is 12.8 Å². The summed E-state index contributed by atoms with van der Waals surface area (Å²) in [5.74, 6) is -6.89.